The third-order valence-corrected chi connectivity index (χ3v) is 20.4. The third-order valence-electron chi connectivity index (χ3n) is 12.8. The first-order valence-electron chi connectivity index (χ1n) is 21.6. The van der Waals surface area contributed by atoms with E-state index in [1.165, 1.54) is 17.0 Å². The van der Waals surface area contributed by atoms with Gasteiger partial charge in [-0.3, -0.25) is 0 Å². The Hall–Kier alpha value is -2.89. The van der Waals surface area contributed by atoms with Crippen LogP contribution >= 0.6 is 27.3 Å². The summed E-state index contributed by atoms with van der Waals surface area (Å²) in [6, 6.07) is 28.9. The van der Waals surface area contributed by atoms with Gasteiger partial charge in [-0.25, -0.2) is 0 Å². The Morgan fingerprint density at radius 1 is 0.695 bits per heavy atom. The molecule has 59 heavy (non-hydrogen) atoms. The van der Waals surface area contributed by atoms with Crippen LogP contribution in [-0.2, 0) is 19.1 Å². The summed E-state index contributed by atoms with van der Waals surface area (Å²) in [5, 5.41) is 10.8. The number of aryl methyl sites for hydroxylation is 1. The van der Waals surface area contributed by atoms with Crippen molar-refractivity contribution in [2.24, 2.45) is 0 Å². The Morgan fingerprint density at radius 2 is 1.19 bits per heavy atom. The van der Waals surface area contributed by atoms with Gasteiger partial charge in [0, 0.05) is 19.0 Å². The molecule has 3 saturated carbocycles. The molecule has 0 spiro atoms. The molecule has 0 radical (unpaired) electrons. The number of hydrogen-bond acceptors (Lipinski definition) is 3. The van der Waals surface area contributed by atoms with E-state index in [1.54, 1.807) is 117 Å². The molecule has 4 aromatic carbocycles. The summed E-state index contributed by atoms with van der Waals surface area (Å²) >= 11 is -2.02. The monoisotopic (exact) mass is 938 g/mol. The van der Waals surface area contributed by atoms with Gasteiger partial charge in [0.2, 0.25) is 0 Å². The number of aliphatic hydroxyl groups is 1. The summed E-state index contributed by atoms with van der Waals surface area (Å²) in [7, 11) is 15.8. The van der Waals surface area contributed by atoms with E-state index >= 15 is 0 Å². The second-order valence-corrected chi connectivity index (χ2v) is 25.9. The van der Waals surface area contributed by atoms with Crippen LogP contribution in [0, 0.1) is 26.2 Å². The van der Waals surface area contributed by atoms with Crippen LogP contribution in [0.1, 0.15) is 135 Å². The first kappa shape index (κ1) is 45.6. The molecule has 0 bridgehead atoms. The Balaban J connectivity index is 0.000000149. The van der Waals surface area contributed by atoms with E-state index in [-0.39, 0.29) is 7.92 Å². The van der Waals surface area contributed by atoms with E-state index < -0.39 is 19.1 Å². The number of ether oxygens (including phenoxy) is 2. The number of halogens is 2. The summed E-state index contributed by atoms with van der Waals surface area (Å²) < 4.78 is 11.6. The summed E-state index contributed by atoms with van der Waals surface area (Å²) in [6.07, 6.45) is 31.5. The van der Waals surface area contributed by atoms with Gasteiger partial charge in [-0.2, -0.15) is 0 Å². The van der Waals surface area contributed by atoms with Crippen LogP contribution in [0.5, 0.6) is 11.5 Å². The van der Waals surface area contributed by atoms with Gasteiger partial charge in [0.1, 0.15) is 5.75 Å². The molecule has 1 unspecified atom stereocenters. The average molecular weight is 939 g/mol. The molecule has 4 aromatic rings. The van der Waals surface area contributed by atoms with Gasteiger partial charge in [-0.1, -0.05) is 61.6 Å². The Labute approximate surface area is 369 Å². The van der Waals surface area contributed by atoms with Gasteiger partial charge in [-0.05, 0) is 102 Å². The number of terminal acetylenes is 1. The summed E-state index contributed by atoms with van der Waals surface area (Å²) in [5.41, 5.74) is 9.87. The second-order valence-electron chi connectivity index (χ2n) is 16.6. The van der Waals surface area contributed by atoms with E-state index in [1.807, 2.05) is 79.7 Å². The standard InChI is InChI=1S/C18H33P.C17H16O2.C17H13O.2ClH.Ru/c1-4-10-16(11-5-1)19(17-12-6-2-7-13-17)18-14-8-3-9-15-18;1-4-17(18,14-8-6-5-7-9-14)15-10-13(2)11-16(12-15)19-3;1-12-10-14(18-2)11-17-15(12)8-9-16(17)13-6-4-3-5-7-13;;;/h16-18H,1-15H2;1,5-12,18H,2-3H3;3-7,9-11H,1H2,2H3;2*1H;/q;;+1;;;+2/p-1. The third kappa shape index (κ3) is 11.5. The molecule has 314 valence electrons. The number of benzene rings is 4. The first-order chi connectivity index (χ1) is 28.7. The van der Waals surface area contributed by atoms with Gasteiger partial charge in [0.15, 0.2) is 5.60 Å². The quantitative estimate of drug-likeness (QED) is 0.0828. The molecule has 0 saturated heterocycles. The van der Waals surface area contributed by atoms with Crippen LogP contribution in [0.2, 0.25) is 0 Å². The zero-order valence-electron chi connectivity index (χ0n) is 35.2. The molecular weight excluding hydrogens is 876 g/mol. The minimum atomic E-state index is -2.02. The molecule has 0 aliphatic heterocycles. The fourth-order valence-electron chi connectivity index (χ4n) is 9.91. The van der Waals surface area contributed by atoms with Crippen molar-refractivity contribution < 1.29 is 28.1 Å². The van der Waals surface area contributed by atoms with Crippen LogP contribution < -0.4 is 9.47 Å². The number of fused-ring (bicyclic) bond motifs is 1. The van der Waals surface area contributed by atoms with E-state index in [4.69, 9.17) is 35.3 Å². The van der Waals surface area contributed by atoms with E-state index in [0.29, 0.717) is 16.9 Å². The number of methoxy groups -OCH3 is 2. The van der Waals surface area contributed by atoms with E-state index in [2.05, 4.69) is 31.1 Å². The van der Waals surface area contributed by atoms with Crippen molar-refractivity contribution in [1.29, 1.82) is 0 Å². The van der Waals surface area contributed by atoms with Crippen LogP contribution in [-0.4, -0.2) is 40.4 Å². The number of rotatable bonds is 8. The summed E-state index contributed by atoms with van der Waals surface area (Å²) in [4.78, 5) is 0. The molecule has 0 amide bonds. The van der Waals surface area contributed by atoms with Crippen LogP contribution in [0.4, 0.5) is 0 Å². The van der Waals surface area contributed by atoms with Crippen molar-refractivity contribution in [3.05, 3.63) is 143 Å². The Kier molecular flexibility index (Phi) is 17.2. The predicted octanol–water partition coefficient (Wildman–Crippen LogP) is 13.8. The fourth-order valence-corrected chi connectivity index (χ4v) is 17.7. The normalized spacial score (nSPS) is 18.5. The van der Waals surface area contributed by atoms with Crippen molar-refractivity contribution in [3.8, 4) is 23.8 Å². The van der Waals surface area contributed by atoms with Gasteiger partial charge in [0.25, 0.3) is 0 Å². The Bertz CT molecular complexity index is 2030. The van der Waals surface area contributed by atoms with E-state index in [0.717, 1.165) is 43.2 Å². The van der Waals surface area contributed by atoms with Crippen LogP contribution in [0.3, 0.4) is 0 Å². The van der Waals surface area contributed by atoms with Crippen molar-refractivity contribution in [3.63, 3.8) is 0 Å². The number of allylic oxidation sites excluding steroid dienone is 1. The maximum absolute atomic E-state index is 10.8. The van der Waals surface area contributed by atoms with Crippen molar-refractivity contribution in [2.75, 3.05) is 14.2 Å². The Morgan fingerprint density at radius 3 is 1.66 bits per heavy atom. The van der Waals surface area contributed by atoms with Crippen molar-refractivity contribution in [1.82, 2.24) is 0 Å². The summed E-state index contributed by atoms with van der Waals surface area (Å²) in [5.74, 6) is 3.97. The van der Waals surface area contributed by atoms with Crippen LogP contribution in [0.25, 0.3) is 5.57 Å². The molecule has 1 N–H and O–H groups in total. The zero-order valence-corrected chi connectivity index (χ0v) is 39.5. The minimum absolute atomic E-state index is 0.0465. The molecule has 3 fully saturated rings. The van der Waals surface area contributed by atoms with Crippen LogP contribution in [0.15, 0.2) is 97.1 Å². The van der Waals surface area contributed by atoms with E-state index in [9.17, 15) is 5.11 Å². The summed E-state index contributed by atoms with van der Waals surface area (Å²) in [6.45, 7) is 6.07. The molecule has 7 heteroatoms. The van der Waals surface area contributed by atoms with Gasteiger partial charge in [-0.15, -0.1) is 6.42 Å². The second kappa shape index (κ2) is 22.3. The topological polar surface area (TPSA) is 38.7 Å². The molecule has 0 aromatic heterocycles. The van der Waals surface area contributed by atoms with Crippen molar-refractivity contribution in [2.45, 2.75) is 126 Å². The van der Waals surface area contributed by atoms with Gasteiger partial charge < -0.3 is 9.84 Å². The molecule has 0 heterocycles. The fraction of sp³-hybridized carbons (Fsp3) is 0.423. The average Bonchev–Trinajstić information content (AvgIpc) is 3.69. The molecule has 1 atom stereocenters. The number of hydrogen-bond donors (Lipinski definition) is 1. The zero-order chi connectivity index (χ0) is 41.8. The molecule has 4 aliphatic carbocycles. The first-order valence-corrected chi connectivity index (χ1v) is 28.7. The SMILES string of the molecule is C#CC(O)(c1ccccc1)c1cc(C)cc(OC)c1.C1CCC([PH+](C2CCCCC2)C2CCCCC2)CC1.[CH2+]c1cc(OC)cc2c1[C](=[Ru]([Cl])[Cl])C=C2c1ccccc1. The molecule has 8 rings (SSSR count). The molecule has 4 aliphatic rings. The van der Waals surface area contributed by atoms with Crippen molar-refractivity contribution >= 4 is 37.0 Å². The molecule has 3 nitrogen and oxygen atoms in total. The maximum atomic E-state index is 10.8. The van der Waals surface area contributed by atoms with Gasteiger partial charge >= 0.3 is 138 Å². The predicted molar refractivity (Wildman–Crippen MR) is 252 cm³/mol. The van der Waals surface area contributed by atoms with Gasteiger partial charge in [0.05, 0.1) is 24.1 Å². The molecular formula is C52H63Cl2O3PRu+2.